The first-order valence-electron chi connectivity index (χ1n) is 7.57. The first kappa shape index (κ1) is 14.5. The van der Waals surface area contributed by atoms with E-state index in [-0.39, 0.29) is 5.60 Å². The Kier molecular flexibility index (Phi) is 5.41. The predicted octanol–water partition coefficient (Wildman–Crippen LogP) is 3.81. The van der Waals surface area contributed by atoms with E-state index in [0.29, 0.717) is 0 Å². The molecule has 0 saturated heterocycles. The molecule has 1 aromatic rings. The van der Waals surface area contributed by atoms with Crippen LogP contribution in [0.5, 0.6) is 0 Å². The third kappa shape index (κ3) is 4.05. The summed E-state index contributed by atoms with van der Waals surface area (Å²) in [5.41, 5.74) is 1.37. The molecule has 0 amide bonds. The van der Waals surface area contributed by atoms with Crippen LogP contribution in [0.15, 0.2) is 30.3 Å². The minimum absolute atomic E-state index is 0.00811. The van der Waals surface area contributed by atoms with E-state index >= 15 is 0 Å². The Morgan fingerprint density at radius 3 is 2.37 bits per heavy atom. The average Bonchev–Trinajstić information content (AvgIpc) is 2.45. The Morgan fingerprint density at radius 1 is 1.05 bits per heavy atom. The van der Waals surface area contributed by atoms with Crippen LogP contribution in [0.25, 0.3) is 0 Å². The van der Waals surface area contributed by atoms with Gasteiger partial charge in [0, 0.05) is 6.61 Å². The molecule has 1 aromatic carbocycles. The van der Waals surface area contributed by atoms with Crippen LogP contribution in [-0.2, 0) is 10.3 Å². The summed E-state index contributed by atoms with van der Waals surface area (Å²) in [6.07, 6.45) is 7.42. The second-order valence-electron chi connectivity index (χ2n) is 5.93. The second-order valence-corrected chi connectivity index (χ2v) is 5.93. The first-order chi connectivity index (χ1) is 9.23. The van der Waals surface area contributed by atoms with Crippen molar-refractivity contribution >= 4 is 0 Å². The zero-order valence-electron chi connectivity index (χ0n) is 12.4. The van der Waals surface area contributed by atoms with E-state index in [1.54, 1.807) is 0 Å². The molecule has 0 aliphatic heterocycles. The molecule has 2 nitrogen and oxygen atoms in total. The van der Waals surface area contributed by atoms with Gasteiger partial charge in [0.15, 0.2) is 0 Å². The van der Waals surface area contributed by atoms with Gasteiger partial charge in [-0.05, 0) is 45.5 Å². The highest BCUT2D eigenvalue weighted by atomic mass is 16.5. The molecular formula is C17H27NO. The molecular weight excluding hydrogens is 234 g/mol. The molecule has 0 N–H and O–H groups in total. The zero-order chi connectivity index (χ0) is 13.6. The number of rotatable bonds is 6. The van der Waals surface area contributed by atoms with Crippen molar-refractivity contribution in [3.63, 3.8) is 0 Å². The van der Waals surface area contributed by atoms with E-state index in [1.165, 1.54) is 37.7 Å². The van der Waals surface area contributed by atoms with Gasteiger partial charge in [0.25, 0.3) is 0 Å². The Morgan fingerprint density at radius 2 is 1.74 bits per heavy atom. The fourth-order valence-corrected chi connectivity index (χ4v) is 3.03. The largest absolute Gasteiger partial charge is 0.370 e. The zero-order valence-corrected chi connectivity index (χ0v) is 12.4. The van der Waals surface area contributed by atoms with E-state index in [2.05, 4.69) is 49.3 Å². The van der Waals surface area contributed by atoms with E-state index in [4.69, 9.17) is 4.74 Å². The summed E-state index contributed by atoms with van der Waals surface area (Å²) in [5.74, 6) is 0. The predicted molar refractivity (Wildman–Crippen MR) is 80.3 cm³/mol. The van der Waals surface area contributed by atoms with Crippen LogP contribution in [-0.4, -0.2) is 32.1 Å². The van der Waals surface area contributed by atoms with Crippen LogP contribution in [0.2, 0.25) is 0 Å². The van der Waals surface area contributed by atoms with Gasteiger partial charge in [-0.25, -0.2) is 0 Å². The highest BCUT2D eigenvalue weighted by Gasteiger charge is 2.34. The van der Waals surface area contributed by atoms with Crippen LogP contribution in [0.1, 0.15) is 44.1 Å². The molecule has 106 valence electrons. The molecule has 1 fully saturated rings. The highest BCUT2D eigenvalue weighted by Crippen LogP contribution is 2.40. The van der Waals surface area contributed by atoms with Gasteiger partial charge in [0.1, 0.15) is 0 Å². The lowest BCUT2D eigenvalue weighted by Crippen LogP contribution is -2.33. The van der Waals surface area contributed by atoms with E-state index in [9.17, 15) is 0 Å². The summed E-state index contributed by atoms with van der Waals surface area (Å²) < 4.78 is 6.38. The Balaban J connectivity index is 1.99. The van der Waals surface area contributed by atoms with Gasteiger partial charge in [0.2, 0.25) is 0 Å². The molecule has 1 aliphatic rings. The molecule has 0 heterocycles. The lowest BCUT2D eigenvalue weighted by atomic mass is 9.79. The third-order valence-corrected chi connectivity index (χ3v) is 4.09. The van der Waals surface area contributed by atoms with E-state index in [0.717, 1.165) is 19.6 Å². The summed E-state index contributed by atoms with van der Waals surface area (Å²) in [7, 11) is 4.24. The molecule has 0 bridgehead atoms. The number of nitrogens with zero attached hydrogens (tertiary/aromatic N) is 1. The molecule has 1 aliphatic carbocycles. The van der Waals surface area contributed by atoms with E-state index < -0.39 is 0 Å². The maximum Gasteiger partial charge on any atom is 0.0931 e. The fraction of sp³-hybridized carbons (Fsp3) is 0.647. The van der Waals surface area contributed by atoms with Gasteiger partial charge in [-0.3, -0.25) is 0 Å². The molecule has 2 rings (SSSR count). The van der Waals surface area contributed by atoms with E-state index in [1.807, 2.05) is 0 Å². The minimum atomic E-state index is -0.00811. The molecule has 2 heteroatoms. The number of hydrogen-bond acceptors (Lipinski definition) is 2. The van der Waals surface area contributed by atoms with Crippen molar-refractivity contribution in [1.82, 2.24) is 4.90 Å². The quantitative estimate of drug-likeness (QED) is 0.722. The SMILES string of the molecule is CN(C)CCCOC1(c2ccccc2)CCCCC1. The molecule has 0 radical (unpaired) electrons. The van der Waals surface area contributed by atoms with Crippen molar-refractivity contribution in [3.8, 4) is 0 Å². The molecule has 0 atom stereocenters. The normalized spacial score (nSPS) is 18.7. The molecule has 0 spiro atoms. The van der Waals surface area contributed by atoms with Crippen LogP contribution in [0, 0.1) is 0 Å². The summed E-state index contributed by atoms with van der Waals surface area (Å²) in [4.78, 5) is 2.22. The summed E-state index contributed by atoms with van der Waals surface area (Å²) in [5, 5.41) is 0. The number of benzene rings is 1. The van der Waals surface area contributed by atoms with Crippen molar-refractivity contribution in [3.05, 3.63) is 35.9 Å². The van der Waals surface area contributed by atoms with Crippen LogP contribution in [0.4, 0.5) is 0 Å². The first-order valence-corrected chi connectivity index (χ1v) is 7.57. The van der Waals surface area contributed by atoms with Crippen molar-refractivity contribution in [2.75, 3.05) is 27.2 Å². The number of hydrogen-bond donors (Lipinski definition) is 0. The lowest BCUT2D eigenvalue weighted by Gasteiger charge is -2.38. The Hall–Kier alpha value is -0.860. The van der Waals surface area contributed by atoms with Crippen LogP contribution >= 0.6 is 0 Å². The van der Waals surface area contributed by atoms with Crippen molar-refractivity contribution in [2.45, 2.75) is 44.1 Å². The standard InChI is InChI=1S/C17H27NO/c1-18(2)14-9-15-19-17(12-7-4-8-13-17)16-10-5-3-6-11-16/h3,5-6,10-11H,4,7-9,12-15H2,1-2H3. The smallest absolute Gasteiger partial charge is 0.0931 e. The monoisotopic (exact) mass is 261 g/mol. The minimum Gasteiger partial charge on any atom is -0.370 e. The molecule has 1 saturated carbocycles. The maximum absolute atomic E-state index is 6.38. The molecule has 19 heavy (non-hydrogen) atoms. The van der Waals surface area contributed by atoms with Crippen molar-refractivity contribution < 1.29 is 4.74 Å². The van der Waals surface area contributed by atoms with Gasteiger partial charge in [0.05, 0.1) is 5.60 Å². The second kappa shape index (κ2) is 7.06. The third-order valence-electron chi connectivity index (χ3n) is 4.09. The van der Waals surface area contributed by atoms with Crippen LogP contribution < -0.4 is 0 Å². The van der Waals surface area contributed by atoms with Gasteiger partial charge >= 0.3 is 0 Å². The summed E-state index contributed by atoms with van der Waals surface area (Å²) in [6, 6.07) is 10.8. The lowest BCUT2D eigenvalue weighted by molar-refractivity contribution is -0.0777. The van der Waals surface area contributed by atoms with Crippen molar-refractivity contribution in [2.24, 2.45) is 0 Å². The fourth-order valence-electron chi connectivity index (χ4n) is 3.03. The summed E-state index contributed by atoms with van der Waals surface area (Å²) >= 11 is 0. The van der Waals surface area contributed by atoms with Gasteiger partial charge in [-0.2, -0.15) is 0 Å². The number of ether oxygens (including phenoxy) is 1. The Bertz CT molecular complexity index is 355. The average molecular weight is 261 g/mol. The van der Waals surface area contributed by atoms with Crippen molar-refractivity contribution in [1.29, 1.82) is 0 Å². The summed E-state index contributed by atoms with van der Waals surface area (Å²) in [6.45, 7) is 1.97. The van der Waals surface area contributed by atoms with Crippen LogP contribution in [0.3, 0.4) is 0 Å². The molecule has 0 aromatic heterocycles. The molecule has 0 unspecified atom stereocenters. The topological polar surface area (TPSA) is 12.5 Å². The Labute approximate surface area is 117 Å². The van der Waals surface area contributed by atoms with Gasteiger partial charge in [-0.1, -0.05) is 49.6 Å². The maximum atomic E-state index is 6.38. The van der Waals surface area contributed by atoms with Gasteiger partial charge in [-0.15, -0.1) is 0 Å². The highest BCUT2D eigenvalue weighted by molar-refractivity contribution is 5.23. The van der Waals surface area contributed by atoms with Gasteiger partial charge < -0.3 is 9.64 Å².